The van der Waals surface area contributed by atoms with E-state index in [1.807, 2.05) is 12.1 Å². The molecule has 2 rings (SSSR count). The predicted octanol–water partition coefficient (Wildman–Crippen LogP) is 7.28. The average molecular weight is 388 g/mol. The molecule has 0 bridgehead atoms. The molecule has 3 heteroatoms. The van der Waals surface area contributed by atoms with E-state index in [1.54, 1.807) is 6.20 Å². The normalized spacial score (nSPS) is 19.5. The van der Waals surface area contributed by atoms with Gasteiger partial charge in [0.25, 0.3) is 0 Å². The summed E-state index contributed by atoms with van der Waals surface area (Å²) < 4.78 is 5.55. The molecule has 0 saturated heterocycles. The van der Waals surface area contributed by atoms with E-state index in [0.29, 0.717) is 5.75 Å². The first kappa shape index (κ1) is 22.9. The number of rotatable bonds is 13. The van der Waals surface area contributed by atoms with E-state index in [9.17, 15) is 4.79 Å². The monoisotopic (exact) mass is 387 g/mol. The van der Waals surface area contributed by atoms with Gasteiger partial charge in [-0.25, -0.2) is 0 Å². The van der Waals surface area contributed by atoms with Crippen LogP contribution in [0, 0.1) is 11.8 Å². The summed E-state index contributed by atoms with van der Waals surface area (Å²) in [6.07, 6.45) is 20.8. The molecule has 0 atom stereocenters. The van der Waals surface area contributed by atoms with E-state index in [0.717, 1.165) is 30.9 Å². The molecule has 1 fully saturated rings. The van der Waals surface area contributed by atoms with Crippen molar-refractivity contribution in [2.24, 2.45) is 11.8 Å². The minimum atomic E-state index is -0.0624. The van der Waals surface area contributed by atoms with Gasteiger partial charge in [-0.1, -0.05) is 78.1 Å². The van der Waals surface area contributed by atoms with Crippen molar-refractivity contribution in [1.82, 2.24) is 4.98 Å². The van der Waals surface area contributed by atoms with Crippen LogP contribution in [-0.2, 0) is 11.2 Å². The Labute approximate surface area is 172 Å². The Balaban J connectivity index is 1.52. The number of nitrogens with zero attached hydrogens (tertiary/aromatic N) is 1. The minimum Gasteiger partial charge on any atom is -0.425 e. The van der Waals surface area contributed by atoms with E-state index in [-0.39, 0.29) is 11.9 Å². The molecular weight excluding hydrogens is 346 g/mol. The van der Waals surface area contributed by atoms with E-state index < -0.39 is 0 Å². The van der Waals surface area contributed by atoms with Gasteiger partial charge in [0, 0.05) is 5.69 Å². The van der Waals surface area contributed by atoms with Crippen LogP contribution >= 0.6 is 0 Å². The molecular formula is C25H41NO2. The second kappa shape index (κ2) is 13.7. The van der Waals surface area contributed by atoms with Crippen LogP contribution in [0.4, 0.5) is 0 Å². The number of pyridine rings is 1. The Morgan fingerprint density at radius 1 is 0.929 bits per heavy atom. The molecule has 0 aromatic carbocycles. The number of hydrogen-bond acceptors (Lipinski definition) is 3. The molecule has 28 heavy (non-hydrogen) atoms. The molecule has 0 aliphatic heterocycles. The Kier molecular flexibility index (Phi) is 11.2. The quantitative estimate of drug-likeness (QED) is 0.264. The lowest BCUT2D eigenvalue weighted by Crippen LogP contribution is -2.25. The van der Waals surface area contributed by atoms with Gasteiger partial charge in [-0.15, -0.1) is 0 Å². The lowest BCUT2D eigenvalue weighted by molar-refractivity contribution is -0.140. The summed E-state index contributed by atoms with van der Waals surface area (Å²) in [6, 6.07) is 3.80. The molecule has 1 aliphatic carbocycles. The van der Waals surface area contributed by atoms with Crippen molar-refractivity contribution in [1.29, 1.82) is 0 Å². The number of esters is 1. The van der Waals surface area contributed by atoms with Crippen LogP contribution in [0.15, 0.2) is 18.3 Å². The van der Waals surface area contributed by atoms with Crippen molar-refractivity contribution in [3.63, 3.8) is 0 Å². The highest BCUT2D eigenvalue weighted by Gasteiger charge is 2.27. The summed E-state index contributed by atoms with van der Waals surface area (Å²) in [4.78, 5) is 16.7. The van der Waals surface area contributed by atoms with E-state index in [2.05, 4.69) is 18.8 Å². The van der Waals surface area contributed by atoms with Gasteiger partial charge < -0.3 is 4.74 Å². The molecule has 0 radical (unpaired) electrons. The molecule has 0 N–H and O–H groups in total. The third-order valence-corrected chi connectivity index (χ3v) is 6.27. The second-order valence-electron chi connectivity index (χ2n) is 8.59. The summed E-state index contributed by atoms with van der Waals surface area (Å²) in [5, 5.41) is 0. The molecule has 1 heterocycles. The highest BCUT2D eigenvalue weighted by molar-refractivity contribution is 5.75. The molecule has 3 nitrogen and oxygen atoms in total. The van der Waals surface area contributed by atoms with Gasteiger partial charge >= 0.3 is 5.97 Å². The smallest absolute Gasteiger partial charge is 0.314 e. The van der Waals surface area contributed by atoms with Crippen LogP contribution in [-0.4, -0.2) is 11.0 Å². The van der Waals surface area contributed by atoms with Gasteiger partial charge in [-0.3, -0.25) is 9.78 Å². The molecule has 1 aliphatic rings. The van der Waals surface area contributed by atoms with Gasteiger partial charge in [0.2, 0.25) is 0 Å². The molecule has 158 valence electrons. The number of carbonyl (C=O) groups excluding carboxylic acids is 1. The Morgan fingerprint density at radius 3 is 2.14 bits per heavy atom. The SMILES string of the molecule is CCCCCCCCCCCC1CCC(C(=O)Oc2ccc(CC)nc2)CC1. The maximum absolute atomic E-state index is 12.4. The highest BCUT2D eigenvalue weighted by atomic mass is 16.5. The first-order valence-corrected chi connectivity index (χ1v) is 11.9. The van der Waals surface area contributed by atoms with E-state index >= 15 is 0 Å². The molecule has 0 unspecified atom stereocenters. The average Bonchev–Trinajstić information content (AvgIpc) is 2.73. The maximum atomic E-state index is 12.4. The standard InChI is InChI=1S/C25H41NO2/c1-3-5-6-7-8-9-10-11-12-13-21-14-16-22(17-15-21)25(27)28-24-19-18-23(4-2)26-20-24/h18-22H,3-17H2,1-2H3. The lowest BCUT2D eigenvalue weighted by Gasteiger charge is -2.27. The number of aryl methyl sites for hydroxylation is 1. The van der Waals surface area contributed by atoms with Crippen molar-refractivity contribution in [3.8, 4) is 5.75 Å². The van der Waals surface area contributed by atoms with Gasteiger partial charge in [0.1, 0.15) is 5.75 Å². The Morgan fingerprint density at radius 2 is 1.57 bits per heavy atom. The first-order valence-electron chi connectivity index (χ1n) is 11.9. The van der Waals surface area contributed by atoms with Crippen molar-refractivity contribution in [3.05, 3.63) is 24.0 Å². The zero-order chi connectivity index (χ0) is 20.0. The van der Waals surface area contributed by atoms with Crippen LogP contribution in [0.3, 0.4) is 0 Å². The summed E-state index contributed by atoms with van der Waals surface area (Å²) in [5.41, 5.74) is 1.02. The van der Waals surface area contributed by atoms with Crippen LogP contribution in [0.2, 0.25) is 0 Å². The molecule has 1 aromatic heterocycles. The van der Waals surface area contributed by atoms with Gasteiger partial charge in [-0.05, 0) is 50.2 Å². The summed E-state index contributed by atoms with van der Waals surface area (Å²) >= 11 is 0. The van der Waals surface area contributed by atoms with Crippen molar-refractivity contribution in [2.75, 3.05) is 0 Å². The van der Waals surface area contributed by atoms with Gasteiger partial charge in [-0.2, -0.15) is 0 Å². The molecule has 0 amide bonds. The maximum Gasteiger partial charge on any atom is 0.314 e. The van der Waals surface area contributed by atoms with E-state index in [4.69, 9.17) is 4.74 Å². The fraction of sp³-hybridized carbons (Fsp3) is 0.760. The third kappa shape index (κ3) is 8.75. The third-order valence-electron chi connectivity index (χ3n) is 6.27. The number of hydrogen-bond donors (Lipinski definition) is 0. The predicted molar refractivity (Wildman–Crippen MR) is 117 cm³/mol. The zero-order valence-corrected chi connectivity index (χ0v) is 18.3. The minimum absolute atomic E-state index is 0.0624. The first-order chi connectivity index (χ1) is 13.7. The summed E-state index contributed by atoms with van der Waals surface area (Å²) in [7, 11) is 0. The molecule has 0 spiro atoms. The van der Waals surface area contributed by atoms with Gasteiger partial charge in [0.15, 0.2) is 0 Å². The second-order valence-corrected chi connectivity index (χ2v) is 8.59. The van der Waals surface area contributed by atoms with Gasteiger partial charge in [0.05, 0.1) is 12.1 Å². The number of carbonyl (C=O) groups is 1. The molecule has 1 aromatic rings. The summed E-state index contributed by atoms with van der Waals surface area (Å²) in [5.74, 6) is 1.41. The fourth-order valence-corrected chi connectivity index (χ4v) is 4.31. The number of ether oxygens (including phenoxy) is 1. The lowest BCUT2D eigenvalue weighted by atomic mass is 9.80. The number of unbranched alkanes of at least 4 members (excludes halogenated alkanes) is 8. The Bertz CT molecular complexity index is 532. The fourth-order valence-electron chi connectivity index (χ4n) is 4.31. The topological polar surface area (TPSA) is 39.2 Å². The van der Waals surface area contributed by atoms with Crippen LogP contribution in [0.5, 0.6) is 5.75 Å². The van der Waals surface area contributed by atoms with Crippen LogP contribution in [0.25, 0.3) is 0 Å². The Hall–Kier alpha value is -1.38. The van der Waals surface area contributed by atoms with Crippen LogP contribution in [0.1, 0.15) is 109 Å². The molecule has 1 saturated carbocycles. The van der Waals surface area contributed by atoms with Crippen molar-refractivity contribution >= 4 is 5.97 Å². The zero-order valence-electron chi connectivity index (χ0n) is 18.3. The summed E-state index contributed by atoms with van der Waals surface area (Å²) in [6.45, 7) is 4.35. The number of aromatic nitrogens is 1. The van der Waals surface area contributed by atoms with Crippen LogP contribution < -0.4 is 4.74 Å². The van der Waals surface area contributed by atoms with Crippen molar-refractivity contribution < 1.29 is 9.53 Å². The van der Waals surface area contributed by atoms with E-state index in [1.165, 1.54) is 77.0 Å². The highest BCUT2D eigenvalue weighted by Crippen LogP contribution is 2.33. The largest absolute Gasteiger partial charge is 0.425 e. The van der Waals surface area contributed by atoms with Crippen molar-refractivity contribution in [2.45, 2.75) is 110 Å².